The fourth-order valence-corrected chi connectivity index (χ4v) is 4.35. The van der Waals surface area contributed by atoms with Crippen LogP contribution in [0.2, 0.25) is 5.02 Å². The number of nitrogens with zero attached hydrogens (tertiary/aromatic N) is 1. The van der Waals surface area contributed by atoms with Crippen molar-refractivity contribution >= 4 is 28.5 Å². The Hall–Kier alpha value is -3.50. The summed E-state index contributed by atoms with van der Waals surface area (Å²) in [4.78, 5) is 13.0. The molecule has 4 aromatic rings. The molecule has 0 N–H and O–H groups in total. The molecule has 1 aromatic heterocycles. The molecule has 31 heavy (non-hydrogen) atoms. The highest BCUT2D eigenvalue weighted by atomic mass is 35.5. The predicted molar refractivity (Wildman–Crippen MR) is 122 cm³/mol. The van der Waals surface area contributed by atoms with Gasteiger partial charge in [-0.25, -0.2) is 4.79 Å². The van der Waals surface area contributed by atoms with Crippen molar-refractivity contribution < 1.29 is 14.3 Å². The van der Waals surface area contributed by atoms with E-state index in [9.17, 15) is 4.79 Å². The summed E-state index contributed by atoms with van der Waals surface area (Å²) in [5.74, 6) is 0.152. The molecule has 0 fully saturated rings. The van der Waals surface area contributed by atoms with Crippen molar-refractivity contribution in [1.29, 1.82) is 0 Å². The van der Waals surface area contributed by atoms with E-state index in [1.54, 1.807) is 0 Å². The predicted octanol–water partition coefficient (Wildman–Crippen LogP) is 6.33. The minimum absolute atomic E-state index is 0.158. The molecule has 0 radical (unpaired) electrons. The Kier molecular flexibility index (Phi) is 4.60. The second-order valence-electron chi connectivity index (χ2n) is 7.66. The van der Waals surface area contributed by atoms with E-state index in [2.05, 4.69) is 12.6 Å². The number of halogens is 1. The van der Waals surface area contributed by atoms with Crippen LogP contribution in [0.5, 0.6) is 5.75 Å². The normalized spacial score (nSPS) is 16.8. The molecular weight excluding hydrogens is 410 g/mol. The van der Waals surface area contributed by atoms with E-state index in [0.717, 1.165) is 27.7 Å². The highest BCUT2D eigenvalue weighted by molar-refractivity contribution is 6.35. The zero-order valence-electron chi connectivity index (χ0n) is 17.0. The summed E-state index contributed by atoms with van der Waals surface area (Å²) in [5, 5.41) is 1.53. The first-order chi connectivity index (χ1) is 15.0. The fraction of sp³-hybridized carbons (Fsp3) is 0.115. The van der Waals surface area contributed by atoms with E-state index in [-0.39, 0.29) is 12.2 Å². The minimum Gasteiger partial charge on any atom is -0.463 e. The van der Waals surface area contributed by atoms with Crippen LogP contribution >= 0.6 is 11.6 Å². The van der Waals surface area contributed by atoms with Gasteiger partial charge in [-0.3, -0.25) is 4.57 Å². The van der Waals surface area contributed by atoms with Gasteiger partial charge >= 0.3 is 5.97 Å². The van der Waals surface area contributed by atoms with Crippen LogP contribution in [0, 0.1) is 0 Å². The Bertz CT molecular complexity index is 1330. The molecule has 0 saturated carbocycles. The summed E-state index contributed by atoms with van der Waals surface area (Å²) in [6, 6.07) is 25.1. The van der Waals surface area contributed by atoms with E-state index in [1.165, 1.54) is 0 Å². The molecule has 1 atom stereocenters. The average Bonchev–Trinajstić information content (AvgIpc) is 3.20. The number of carbonyl (C=O) groups excluding carboxylic acids is 1. The van der Waals surface area contributed by atoms with Crippen LogP contribution < -0.4 is 4.74 Å². The standard InChI is InChI=1S/C26H20ClNO3/c1-17(25(29)30-16-18-9-4-3-5-10-18)26(2)28-22(20-12-6-7-14-23(20)31-26)15-19-11-8-13-21(27)24(19)28/h3-15H,1,16H2,2H3. The maximum absolute atomic E-state index is 13.0. The molecule has 5 rings (SSSR count). The number of esters is 1. The third-order valence-corrected chi connectivity index (χ3v) is 6.00. The van der Waals surface area contributed by atoms with Crippen LogP contribution in [0.25, 0.3) is 22.2 Å². The number of hydrogen-bond acceptors (Lipinski definition) is 3. The van der Waals surface area contributed by atoms with E-state index < -0.39 is 11.7 Å². The fourth-order valence-electron chi connectivity index (χ4n) is 4.08. The molecule has 0 bridgehead atoms. The number of benzene rings is 3. The molecular formula is C26H20ClNO3. The lowest BCUT2D eigenvalue weighted by Crippen LogP contribution is -2.43. The number of hydrogen-bond donors (Lipinski definition) is 0. The Labute approximate surface area is 185 Å². The first-order valence-electron chi connectivity index (χ1n) is 9.98. The van der Waals surface area contributed by atoms with Gasteiger partial charge < -0.3 is 9.47 Å². The van der Waals surface area contributed by atoms with Crippen LogP contribution in [0.15, 0.2) is 91.0 Å². The summed E-state index contributed by atoms with van der Waals surface area (Å²) in [6.45, 7) is 6.07. The molecule has 2 heterocycles. The second kappa shape index (κ2) is 7.33. The Morgan fingerprint density at radius 2 is 1.81 bits per heavy atom. The zero-order chi connectivity index (χ0) is 21.6. The molecule has 0 spiro atoms. The van der Waals surface area contributed by atoms with Gasteiger partial charge in [0.05, 0.1) is 21.8 Å². The van der Waals surface area contributed by atoms with Gasteiger partial charge in [0.2, 0.25) is 5.72 Å². The van der Waals surface area contributed by atoms with Gasteiger partial charge in [0.15, 0.2) is 0 Å². The quantitative estimate of drug-likeness (QED) is 0.281. The maximum atomic E-state index is 13.0. The second-order valence-corrected chi connectivity index (χ2v) is 8.07. The summed E-state index contributed by atoms with van der Waals surface area (Å²) in [6.07, 6.45) is 0. The highest BCUT2D eigenvalue weighted by Crippen LogP contribution is 2.47. The lowest BCUT2D eigenvalue weighted by Gasteiger charge is -2.39. The zero-order valence-corrected chi connectivity index (χ0v) is 17.7. The number of rotatable bonds is 4. The van der Waals surface area contributed by atoms with Gasteiger partial charge in [0, 0.05) is 17.9 Å². The number of fused-ring (bicyclic) bond motifs is 5. The monoisotopic (exact) mass is 429 g/mol. The Morgan fingerprint density at radius 1 is 1.06 bits per heavy atom. The summed E-state index contributed by atoms with van der Waals surface area (Å²) in [7, 11) is 0. The third-order valence-electron chi connectivity index (χ3n) is 5.69. The van der Waals surface area contributed by atoms with Crippen molar-refractivity contribution in [2.45, 2.75) is 19.3 Å². The molecule has 0 saturated heterocycles. The molecule has 0 aliphatic carbocycles. The smallest absolute Gasteiger partial charge is 0.339 e. The van der Waals surface area contributed by atoms with Crippen molar-refractivity contribution in [3.63, 3.8) is 0 Å². The minimum atomic E-state index is -1.20. The first kappa shape index (κ1) is 19.5. The summed E-state index contributed by atoms with van der Waals surface area (Å²) in [5.41, 5.74) is 2.51. The molecule has 1 aliphatic heterocycles. The number of carbonyl (C=O) groups is 1. The summed E-state index contributed by atoms with van der Waals surface area (Å²) >= 11 is 6.59. The molecule has 5 heteroatoms. The van der Waals surface area contributed by atoms with E-state index in [4.69, 9.17) is 21.1 Å². The van der Waals surface area contributed by atoms with E-state index in [0.29, 0.717) is 10.8 Å². The number of ether oxygens (including phenoxy) is 2. The van der Waals surface area contributed by atoms with Gasteiger partial charge in [-0.2, -0.15) is 0 Å². The first-order valence-corrected chi connectivity index (χ1v) is 10.4. The summed E-state index contributed by atoms with van der Waals surface area (Å²) < 4.78 is 13.9. The van der Waals surface area contributed by atoms with Crippen molar-refractivity contribution in [1.82, 2.24) is 4.57 Å². The molecule has 154 valence electrons. The van der Waals surface area contributed by atoms with Crippen molar-refractivity contribution in [2.24, 2.45) is 0 Å². The van der Waals surface area contributed by atoms with Crippen LogP contribution in [0.4, 0.5) is 0 Å². The molecule has 1 unspecified atom stereocenters. The molecule has 1 aliphatic rings. The molecule has 0 amide bonds. The van der Waals surface area contributed by atoms with Gasteiger partial charge in [0.1, 0.15) is 12.4 Å². The van der Waals surface area contributed by atoms with Crippen molar-refractivity contribution in [3.05, 3.63) is 102 Å². The number of aromatic nitrogens is 1. The maximum Gasteiger partial charge on any atom is 0.339 e. The average molecular weight is 430 g/mol. The van der Waals surface area contributed by atoms with Crippen LogP contribution in [0.3, 0.4) is 0 Å². The Morgan fingerprint density at radius 3 is 2.61 bits per heavy atom. The van der Waals surface area contributed by atoms with Gasteiger partial charge in [0.25, 0.3) is 0 Å². The Balaban J connectivity index is 1.60. The lowest BCUT2D eigenvalue weighted by molar-refractivity contribution is -0.143. The molecule has 4 nitrogen and oxygen atoms in total. The van der Waals surface area contributed by atoms with Gasteiger partial charge in [-0.05, 0) is 29.8 Å². The van der Waals surface area contributed by atoms with Gasteiger partial charge in [-0.1, -0.05) is 72.8 Å². The number of para-hydroxylation sites is 2. The SMILES string of the molecule is C=C(C(=O)OCc1ccccc1)C1(C)Oc2ccccc2-c2cc3cccc(Cl)c3n21. The van der Waals surface area contributed by atoms with Gasteiger partial charge in [-0.15, -0.1) is 0 Å². The third kappa shape index (κ3) is 3.11. The van der Waals surface area contributed by atoms with Crippen molar-refractivity contribution in [2.75, 3.05) is 0 Å². The van der Waals surface area contributed by atoms with E-state index in [1.807, 2.05) is 84.3 Å². The lowest BCUT2D eigenvalue weighted by atomic mass is 10.0. The van der Waals surface area contributed by atoms with E-state index >= 15 is 0 Å². The molecule has 3 aromatic carbocycles. The van der Waals surface area contributed by atoms with Crippen molar-refractivity contribution in [3.8, 4) is 17.0 Å². The van der Waals surface area contributed by atoms with Crippen LogP contribution in [0.1, 0.15) is 12.5 Å². The van der Waals surface area contributed by atoms with Crippen LogP contribution in [-0.2, 0) is 21.9 Å². The topological polar surface area (TPSA) is 40.5 Å². The highest BCUT2D eigenvalue weighted by Gasteiger charge is 2.43. The van der Waals surface area contributed by atoms with Crippen LogP contribution in [-0.4, -0.2) is 10.5 Å². The largest absolute Gasteiger partial charge is 0.463 e.